The van der Waals surface area contributed by atoms with E-state index in [1.807, 2.05) is 71.4 Å². The Hall–Kier alpha value is -2.85. The Morgan fingerprint density at radius 1 is 1.00 bits per heavy atom. The zero-order valence-corrected chi connectivity index (χ0v) is 14.2. The van der Waals surface area contributed by atoms with Crippen LogP contribution in [0.15, 0.2) is 71.1 Å². The van der Waals surface area contributed by atoms with Crippen LogP contribution in [0, 0.1) is 0 Å². The minimum atomic E-state index is 0.478. The van der Waals surface area contributed by atoms with Crippen molar-refractivity contribution in [3.63, 3.8) is 0 Å². The van der Waals surface area contributed by atoms with Crippen molar-refractivity contribution < 1.29 is 9.15 Å². The molecule has 4 aromatic rings. The number of hydrogen-bond donors (Lipinski definition) is 0. The van der Waals surface area contributed by atoms with Gasteiger partial charge in [-0.1, -0.05) is 55.5 Å². The predicted molar refractivity (Wildman–Crippen MR) is 98.7 cm³/mol. The van der Waals surface area contributed by atoms with Gasteiger partial charge in [-0.2, -0.15) is 5.10 Å². The molecule has 4 heteroatoms. The second-order valence-corrected chi connectivity index (χ2v) is 5.94. The van der Waals surface area contributed by atoms with Crippen LogP contribution in [-0.2, 0) is 11.3 Å². The van der Waals surface area contributed by atoms with Crippen molar-refractivity contribution in [1.29, 1.82) is 0 Å². The molecule has 4 rings (SSSR count). The molecule has 0 aliphatic rings. The highest BCUT2D eigenvalue weighted by atomic mass is 16.5. The molecule has 0 bridgehead atoms. The summed E-state index contributed by atoms with van der Waals surface area (Å²) in [6, 6.07) is 22.3. The van der Waals surface area contributed by atoms with Crippen molar-refractivity contribution in [3.05, 3.63) is 72.5 Å². The Kier molecular flexibility index (Phi) is 4.36. The number of benzene rings is 2. The molecule has 0 N–H and O–H groups in total. The summed E-state index contributed by atoms with van der Waals surface area (Å²) >= 11 is 0. The maximum Gasteiger partial charge on any atom is 0.180 e. The molecule has 0 saturated carbocycles. The smallest absolute Gasteiger partial charge is 0.180 e. The first-order chi connectivity index (χ1) is 12.4. The van der Waals surface area contributed by atoms with E-state index in [2.05, 4.69) is 6.92 Å². The highest BCUT2D eigenvalue weighted by Gasteiger charge is 2.18. The van der Waals surface area contributed by atoms with Gasteiger partial charge in [0.25, 0.3) is 0 Å². The molecular weight excluding hydrogens is 312 g/mol. The second-order valence-electron chi connectivity index (χ2n) is 5.94. The van der Waals surface area contributed by atoms with E-state index in [0.717, 1.165) is 46.8 Å². The van der Waals surface area contributed by atoms with E-state index in [1.165, 1.54) is 0 Å². The fourth-order valence-electron chi connectivity index (χ4n) is 2.90. The second kappa shape index (κ2) is 6.95. The van der Waals surface area contributed by atoms with Crippen molar-refractivity contribution in [2.24, 2.45) is 0 Å². The van der Waals surface area contributed by atoms with Gasteiger partial charge >= 0.3 is 0 Å². The van der Waals surface area contributed by atoms with E-state index in [0.29, 0.717) is 6.61 Å². The summed E-state index contributed by atoms with van der Waals surface area (Å²) < 4.78 is 13.7. The van der Waals surface area contributed by atoms with Crippen molar-refractivity contribution in [1.82, 2.24) is 9.78 Å². The molecule has 2 aromatic heterocycles. The van der Waals surface area contributed by atoms with Gasteiger partial charge in [0.1, 0.15) is 23.6 Å². The third-order valence-corrected chi connectivity index (χ3v) is 4.05. The molecule has 0 radical (unpaired) electrons. The van der Waals surface area contributed by atoms with E-state index >= 15 is 0 Å². The highest BCUT2D eigenvalue weighted by molar-refractivity contribution is 5.90. The van der Waals surface area contributed by atoms with Crippen molar-refractivity contribution in [2.45, 2.75) is 20.0 Å². The molecule has 2 heterocycles. The van der Waals surface area contributed by atoms with Gasteiger partial charge in [0.15, 0.2) is 5.58 Å². The summed E-state index contributed by atoms with van der Waals surface area (Å²) in [5.41, 5.74) is 4.65. The molecule has 4 nitrogen and oxygen atoms in total. The first-order valence-electron chi connectivity index (χ1n) is 8.57. The summed E-state index contributed by atoms with van der Waals surface area (Å²) in [7, 11) is 0. The van der Waals surface area contributed by atoms with E-state index in [-0.39, 0.29) is 0 Å². The Labute approximate surface area is 146 Å². The third-order valence-electron chi connectivity index (χ3n) is 4.05. The lowest BCUT2D eigenvalue weighted by molar-refractivity contribution is 0.108. The average Bonchev–Trinajstić information content (AvgIpc) is 3.22. The molecule has 0 unspecified atom stereocenters. The van der Waals surface area contributed by atoms with Crippen LogP contribution in [0.5, 0.6) is 0 Å². The first kappa shape index (κ1) is 15.7. The standard InChI is InChI=1S/C21H20N2O2/c1-2-13-24-15-18-14-19-21(25-18)20(16-9-5-3-6-10-16)22-23(19)17-11-7-4-8-12-17/h3-12,14H,2,13,15H2,1H3. The van der Waals surface area contributed by atoms with E-state index in [4.69, 9.17) is 14.3 Å². The van der Waals surface area contributed by atoms with Crippen molar-refractivity contribution in [2.75, 3.05) is 6.61 Å². The Morgan fingerprint density at radius 3 is 2.44 bits per heavy atom. The normalized spacial score (nSPS) is 11.2. The predicted octanol–water partition coefficient (Wildman–Crippen LogP) is 5.21. The fourth-order valence-corrected chi connectivity index (χ4v) is 2.90. The minimum Gasteiger partial charge on any atom is -0.455 e. The molecular formula is C21H20N2O2. The van der Waals surface area contributed by atoms with E-state index < -0.39 is 0 Å². The van der Waals surface area contributed by atoms with Crippen molar-refractivity contribution >= 4 is 11.1 Å². The lowest BCUT2D eigenvalue weighted by Crippen LogP contribution is -1.96. The van der Waals surface area contributed by atoms with E-state index in [1.54, 1.807) is 0 Å². The molecule has 0 saturated heterocycles. The maximum absolute atomic E-state index is 6.09. The number of aromatic nitrogens is 2. The van der Waals surface area contributed by atoms with Crippen LogP contribution in [-0.4, -0.2) is 16.4 Å². The largest absolute Gasteiger partial charge is 0.455 e. The Morgan fingerprint density at radius 2 is 1.72 bits per heavy atom. The molecule has 0 aliphatic carbocycles. The van der Waals surface area contributed by atoms with Crippen LogP contribution >= 0.6 is 0 Å². The van der Waals surface area contributed by atoms with Crippen LogP contribution in [0.2, 0.25) is 0 Å². The molecule has 0 atom stereocenters. The van der Waals surface area contributed by atoms with Crippen molar-refractivity contribution in [3.8, 4) is 16.9 Å². The lowest BCUT2D eigenvalue weighted by atomic mass is 10.1. The van der Waals surface area contributed by atoms with Gasteiger partial charge in [0.05, 0.1) is 5.69 Å². The Bertz CT molecular complexity index is 884. The first-order valence-corrected chi connectivity index (χ1v) is 8.57. The third kappa shape index (κ3) is 3.08. The van der Waals surface area contributed by atoms with Gasteiger partial charge < -0.3 is 9.15 Å². The van der Waals surface area contributed by atoms with Crippen LogP contribution in [0.4, 0.5) is 0 Å². The van der Waals surface area contributed by atoms with Gasteiger partial charge in [0.2, 0.25) is 0 Å². The summed E-state index contributed by atoms with van der Waals surface area (Å²) in [6.07, 6.45) is 0.993. The number of fused-ring (bicyclic) bond motifs is 1. The number of furan rings is 1. The zero-order chi connectivity index (χ0) is 17.1. The van der Waals surface area contributed by atoms with Crippen LogP contribution < -0.4 is 0 Å². The lowest BCUT2D eigenvalue weighted by Gasteiger charge is -2.02. The number of nitrogens with zero attached hydrogens (tertiary/aromatic N) is 2. The zero-order valence-electron chi connectivity index (χ0n) is 14.2. The molecule has 0 spiro atoms. The summed E-state index contributed by atoms with van der Waals surface area (Å²) in [6.45, 7) is 3.30. The molecule has 2 aromatic carbocycles. The summed E-state index contributed by atoms with van der Waals surface area (Å²) in [4.78, 5) is 0. The number of para-hydroxylation sites is 1. The van der Waals surface area contributed by atoms with Gasteiger partial charge in [-0.25, -0.2) is 4.68 Å². The Balaban J connectivity index is 1.84. The quantitative estimate of drug-likeness (QED) is 0.455. The average molecular weight is 332 g/mol. The topological polar surface area (TPSA) is 40.2 Å². The van der Waals surface area contributed by atoms with E-state index in [9.17, 15) is 0 Å². The number of ether oxygens (including phenoxy) is 1. The van der Waals surface area contributed by atoms with Gasteiger partial charge in [-0.05, 0) is 18.6 Å². The summed E-state index contributed by atoms with van der Waals surface area (Å²) in [5.74, 6) is 0.822. The molecule has 25 heavy (non-hydrogen) atoms. The molecule has 0 amide bonds. The molecule has 0 aliphatic heterocycles. The highest BCUT2D eigenvalue weighted by Crippen LogP contribution is 2.32. The SMILES string of the molecule is CCCOCc1cc2c(o1)c(-c1ccccc1)nn2-c1ccccc1. The van der Waals surface area contributed by atoms with Gasteiger partial charge in [-0.15, -0.1) is 0 Å². The summed E-state index contributed by atoms with van der Waals surface area (Å²) in [5, 5.41) is 4.81. The van der Waals surface area contributed by atoms with Gasteiger partial charge in [0, 0.05) is 18.2 Å². The van der Waals surface area contributed by atoms with Crippen LogP contribution in [0.1, 0.15) is 19.1 Å². The van der Waals surface area contributed by atoms with Crippen LogP contribution in [0.25, 0.3) is 28.0 Å². The maximum atomic E-state index is 6.09. The minimum absolute atomic E-state index is 0.478. The fraction of sp³-hybridized carbons (Fsp3) is 0.190. The number of hydrogen-bond acceptors (Lipinski definition) is 3. The van der Waals surface area contributed by atoms with Gasteiger partial charge in [-0.3, -0.25) is 0 Å². The monoisotopic (exact) mass is 332 g/mol. The van der Waals surface area contributed by atoms with Crippen LogP contribution in [0.3, 0.4) is 0 Å². The molecule has 126 valence electrons. The molecule has 0 fully saturated rings. The number of rotatable bonds is 6.